The summed E-state index contributed by atoms with van der Waals surface area (Å²) in [5.74, 6) is 1.48. The lowest BCUT2D eigenvalue weighted by Crippen LogP contribution is -2.15. The van der Waals surface area contributed by atoms with Crippen LogP contribution in [0, 0.1) is 5.92 Å². The maximum absolute atomic E-state index is 10.4. The molecule has 2 aromatic rings. The molecule has 0 aliphatic carbocycles. The van der Waals surface area contributed by atoms with Gasteiger partial charge in [-0.05, 0) is 57.6 Å². The summed E-state index contributed by atoms with van der Waals surface area (Å²) in [6.45, 7) is 17.2. The van der Waals surface area contributed by atoms with Crippen molar-refractivity contribution in [1.29, 1.82) is 0 Å². The van der Waals surface area contributed by atoms with Gasteiger partial charge in [0.1, 0.15) is 11.5 Å². The Morgan fingerprint density at radius 2 is 1.07 bits per heavy atom. The Labute approximate surface area is 165 Å². The Morgan fingerprint density at radius 3 is 1.37 bits per heavy atom. The van der Waals surface area contributed by atoms with Gasteiger partial charge in [0, 0.05) is 5.92 Å². The maximum atomic E-state index is 10.4. The van der Waals surface area contributed by atoms with E-state index in [0.717, 1.165) is 17.5 Å². The van der Waals surface area contributed by atoms with E-state index in [1.807, 2.05) is 24.3 Å². The van der Waals surface area contributed by atoms with Gasteiger partial charge in [-0.15, -0.1) is 0 Å². The van der Waals surface area contributed by atoms with Gasteiger partial charge in [-0.1, -0.05) is 79.7 Å². The summed E-state index contributed by atoms with van der Waals surface area (Å²) in [7, 11) is 0. The van der Waals surface area contributed by atoms with Gasteiger partial charge < -0.3 is 10.2 Å². The van der Waals surface area contributed by atoms with Gasteiger partial charge >= 0.3 is 0 Å². The van der Waals surface area contributed by atoms with Crippen LogP contribution in [-0.4, -0.2) is 10.2 Å². The quantitative estimate of drug-likeness (QED) is 0.618. The van der Waals surface area contributed by atoms with E-state index in [-0.39, 0.29) is 16.7 Å². The predicted molar refractivity (Wildman–Crippen MR) is 115 cm³/mol. The third-order valence-electron chi connectivity index (χ3n) is 5.17. The standard InChI is InChI=1S/C25H36O2/c1-16(2)13-19(17-9-11-22(26)20(14-17)24(3,4)5)18-10-12-23(27)21(15-18)25(6,7)8/h9-12,14-16,19,26-27H,13H2,1-8H3. The lowest BCUT2D eigenvalue weighted by molar-refractivity contribution is 0.444. The summed E-state index contributed by atoms with van der Waals surface area (Å²) in [5, 5.41) is 20.7. The Balaban J connectivity index is 2.61. The minimum Gasteiger partial charge on any atom is -0.508 e. The van der Waals surface area contributed by atoms with Crippen molar-refractivity contribution in [1.82, 2.24) is 0 Å². The second-order valence-corrected chi connectivity index (χ2v) is 10.2. The Bertz CT molecular complexity index is 725. The van der Waals surface area contributed by atoms with Gasteiger partial charge in [0.05, 0.1) is 0 Å². The van der Waals surface area contributed by atoms with Crippen LogP contribution in [0.25, 0.3) is 0 Å². The topological polar surface area (TPSA) is 40.5 Å². The van der Waals surface area contributed by atoms with Crippen LogP contribution >= 0.6 is 0 Å². The lowest BCUT2D eigenvalue weighted by atomic mass is 9.78. The van der Waals surface area contributed by atoms with Crippen molar-refractivity contribution >= 4 is 0 Å². The molecule has 0 bridgehead atoms. The van der Waals surface area contributed by atoms with E-state index in [9.17, 15) is 10.2 Å². The van der Waals surface area contributed by atoms with Crippen LogP contribution in [0.3, 0.4) is 0 Å². The summed E-state index contributed by atoms with van der Waals surface area (Å²) in [6, 6.07) is 12.1. The zero-order valence-corrected chi connectivity index (χ0v) is 18.2. The normalized spacial score (nSPS) is 12.8. The van der Waals surface area contributed by atoms with Crippen LogP contribution in [-0.2, 0) is 10.8 Å². The number of hydrogen-bond acceptors (Lipinski definition) is 2. The highest BCUT2D eigenvalue weighted by atomic mass is 16.3. The van der Waals surface area contributed by atoms with Crippen LogP contribution in [0.5, 0.6) is 11.5 Å². The van der Waals surface area contributed by atoms with Gasteiger partial charge in [0.15, 0.2) is 0 Å². The van der Waals surface area contributed by atoms with Gasteiger partial charge in [0.2, 0.25) is 0 Å². The lowest BCUT2D eigenvalue weighted by Gasteiger charge is -2.27. The SMILES string of the molecule is CC(C)CC(c1ccc(O)c(C(C)(C)C)c1)c1ccc(O)c(C(C)(C)C)c1. The predicted octanol–water partition coefficient (Wildman–Crippen LogP) is 6.87. The molecule has 0 saturated carbocycles. The molecule has 0 aliphatic heterocycles. The average Bonchev–Trinajstić information content (AvgIpc) is 2.51. The van der Waals surface area contributed by atoms with E-state index in [4.69, 9.17) is 0 Å². The monoisotopic (exact) mass is 368 g/mol. The van der Waals surface area contributed by atoms with Crippen molar-refractivity contribution in [2.75, 3.05) is 0 Å². The molecular weight excluding hydrogens is 332 g/mol. The van der Waals surface area contributed by atoms with E-state index >= 15 is 0 Å². The number of benzene rings is 2. The van der Waals surface area contributed by atoms with Gasteiger partial charge in [-0.25, -0.2) is 0 Å². The largest absolute Gasteiger partial charge is 0.508 e. The summed E-state index contributed by atoms with van der Waals surface area (Å²) < 4.78 is 0. The molecule has 0 amide bonds. The molecule has 0 saturated heterocycles. The van der Waals surface area contributed by atoms with Crippen molar-refractivity contribution < 1.29 is 10.2 Å². The van der Waals surface area contributed by atoms with E-state index in [1.54, 1.807) is 0 Å². The fourth-order valence-electron chi connectivity index (χ4n) is 3.68. The molecule has 2 N–H and O–H groups in total. The smallest absolute Gasteiger partial charge is 0.119 e. The van der Waals surface area contributed by atoms with E-state index in [1.165, 1.54) is 11.1 Å². The summed E-state index contributed by atoms with van der Waals surface area (Å²) in [4.78, 5) is 0. The number of rotatable bonds is 4. The molecule has 0 radical (unpaired) electrons. The fraction of sp³-hybridized carbons (Fsp3) is 0.520. The van der Waals surface area contributed by atoms with E-state index in [0.29, 0.717) is 17.4 Å². The summed E-state index contributed by atoms with van der Waals surface area (Å²) >= 11 is 0. The van der Waals surface area contributed by atoms with Crippen molar-refractivity contribution in [2.45, 2.75) is 78.6 Å². The second kappa shape index (κ2) is 7.58. The van der Waals surface area contributed by atoms with Gasteiger partial charge in [-0.2, -0.15) is 0 Å². The van der Waals surface area contributed by atoms with Gasteiger partial charge in [0.25, 0.3) is 0 Å². The van der Waals surface area contributed by atoms with Crippen LogP contribution in [0.1, 0.15) is 90.0 Å². The minimum absolute atomic E-state index is 0.117. The molecule has 2 heteroatoms. The molecule has 0 unspecified atom stereocenters. The molecule has 27 heavy (non-hydrogen) atoms. The highest BCUT2D eigenvalue weighted by molar-refractivity contribution is 5.47. The van der Waals surface area contributed by atoms with Crippen molar-refractivity contribution in [3.05, 3.63) is 58.7 Å². The van der Waals surface area contributed by atoms with E-state index < -0.39 is 0 Å². The first-order valence-electron chi connectivity index (χ1n) is 9.97. The summed E-state index contributed by atoms with van der Waals surface area (Å²) in [6.07, 6.45) is 1.02. The van der Waals surface area contributed by atoms with Crippen LogP contribution in [0.15, 0.2) is 36.4 Å². The zero-order valence-electron chi connectivity index (χ0n) is 18.2. The van der Waals surface area contributed by atoms with Crippen LogP contribution in [0.4, 0.5) is 0 Å². The first kappa shape index (κ1) is 21.3. The highest BCUT2D eigenvalue weighted by Gasteiger charge is 2.25. The number of phenols is 2. The molecular formula is C25H36O2. The van der Waals surface area contributed by atoms with Crippen molar-refractivity contribution in [3.8, 4) is 11.5 Å². The van der Waals surface area contributed by atoms with E-state index in [2.05, 4.69) is 67.5 Å². The Hall–Kier alpha value is -1.96. The number of phenolic OH excluding ortho intramolecular Hbond substituents is 2. The molecule has 0 fully saturated rings. The minimum atomic E-state index is -0.117. The molecule has 2 rings (SSSR count). The van der Waals surface area contributed by atoms with Crippen molar-refractivity contribution in [2.24, 2.45) is 5.92 Å². The van der Waals surface area contributed by atoms with Gasteiger partial charge in [-0.3, -0.25) is 0 Å². The first-order chi connectivity index (χ1) is 12.3. The fourth-order valence-corrected chi connectivity index (χ4v) is 3.68. The van der Waals surface area contributed by atoms with Crippen LogP contribution < -0.4 is 0 Å². The molecule has 0 spiro atoms. The molecule has 0 atom stereocenters. The Morgan fingerprint density at radius 1 is 0.704 bits per heavy atom. The average molecular weight is 369 g/mol. The number of hydrogen-bond donors (Lipinski definition) is 2. The molecule has 148 valence electrons. The third kappa shape index (κ3) is 5.06. The molecule has 0 aromatic heterocycles. The number of aromatic hydroxyl groups is 2. The Kier molecular flexibility index (Phi) is 5.99. The maximum Gasteiger partial charge on any atom is 0.119 e. The zero-order chi connectivity index (χ0) is 20.6. The molecule has 2 nitrogen and oxygen atoms in total. The summed E-state index contributed by atoms with van der Waals surface area (Å²) in [5.41, 5.74) is 4.16. The highest BCUT2D eigenvalue weighted by Crippen LogP contribution is 2.40. The first-order valence-corrected chi connectivity index (χ1v) is 9.97. The van der Waals surface area contributed by atoms with Crippen LogP contribution in [0.2, 0.25) is 0 Å². The van der Waals surface area contributed by atoms with Crippen molar-refractivity contribution in [3.63, 3.8) is 0 Å². The molecule has 2 aromatic carbocycles. The molecule has 0 aliphatic rings. The second-order valence-electron chi connectivity index (χ2n) is 10.2. The third-order valence-corrected chi connectivity index (χ3v) is 5.17. The molecule has 0 heterocycles.